The smallest absolute Gasteiger partial charge is 0.0945 e. The maximum Gasteiger partial charge on any atom is 0.0945 e. The third-order valence-electron chi connectivity index (χ3n) is 3.23. The van der Waals surface area contributed by atoms with Gasteiger partial charge in [-0.3, -0.25) is 0 Å². The Labute approximate surface area is 127 Å². The van der Waals surface area contributed by atoms with E-state index in [4.69, 9.17) is 4.98 Å². The average molecular weight is 339 g/mol. The maximum atomic E-state index is 4.73. The molecule has 1 aromatic carbocycles. The highest BCUT2D eigenvalue weighted by Crippen LogP contribution is 2.23. The Kier molecular flexibility index (Phi) is 5.55. The van der Waals surface area contributed by atoms with Crippen LogP contribution in [0.25, 0.3) is 11.3 Å². The van der Waals surface area contributed by atoms with Crippen LogP contribution in [0.5, 0.6) is 0 Å². The third-order valence-corrected chi connectivity index (χ3v) is 4.67. The van der Waals surface area contributed by atoms with Crippen LogP contribution in [0.15, 0.2) is 34.1 Å². The summed E-state index contributed by atoms with van der Waals surface area (Å²) in [5.74, 6) is 0. The van der Waals surface area contributed by atoms with Gasteiger partial charge in [0.15, 0.2) is 0 Å². The standard InChI is InChI=1S/C15H19BrN2S/c1-3-18(4-2)10-9-15-17-14(11-19-15)12-5-7-13(16)8-6-12/h5-8,11H,3-4,9-10H2,1-2H3. The summed E-state index contributed by atoms with van der Waals surface area (Å²) in [6, 6.07) is 8.33. The van der Waals surface area contributed by atoms with Gasteiger partial charge in [0, 0.05) is 28.4 Å². The topological polar surface area (TPSA) is 16.1 Å². The van der Waals surface area contributed by atoms with Crippen LogP contribution < -0.4 is 0 Å². The predicted molar refractivity (Wildman–Crippen MR) is 86.7 cm³/mol. The minimum atomic E-state index is 1.04. The number of aromatic nitrogens is 1. The van der Waals surface area contributed by atoms with Gasteiger partial charge in [-0.15, -0.1) is 11.3 Å². The molecule has 4 heteroatoms. The first kappa shape index (κ1) is 14.7. The molecule has 0 radical (unpaired) electrons. The molecule has 2 nitrogen and oxygen atoms in total. The Morgan fingerprint density at radius 2 is 1.84 bits per heavy atom. The molecule has 0 amide bonds. The Bertz CT molecular complexity index is 503. The Balaban J connectivity index is 2.01. The van der Waals surface area contributed by atoms with Crippen molar-refractivity contribution in [2.24, 2.45) is 0 Å². The fourth-order valence-corrected chi connectivity index (χ4v) is 3.03. The molecule has 0 saturated carbocycles. The average Bonchev–Trinajstić information content (AvgIpc) is 2.89. The molecule has 19 heavy (non-hydrogen) atoms. The van der Waals surface area contributed by atoms with Gasteiger partial charge in [-0.25, -0.2) is 4.98 Å². The monoisotopic (exact) mass is 338 g/mol. The van der Waals surface area contributed by atoms with Crippen LogP contribution in [0.2, 0.25) is 0 Å². The van der Waals surface area contributed by atoms with E-state index in [9.17, 15) is 0 Å². The molecule has 0 bridgehead atoms. The lowest BCUT2D eigenvalue weighted by molar-refractivity contribution is 0.308. The Hall–Kier alpha value is -0.710. The molecule has 0 unspecified atom stereocenters. The van der Waals surface area contributed by atoms with Crippen molar-refractivity contribution in [2.45, 2.75) is 20.3 Å². The van der Waals surface area contributed by atoms with Gasteiger partial charge in [-0.05, 0) is 25.2 Å². The van der Waals surface area contributed by atoms with Crippen molar-refractivity contribution < 1.29 is 0 Å². The van der Waals surface area contributed by atoms with Crippen LogP contribution in [-0.2, 0) is 6.42 Å². The number of hydrogen-bond acceptors (Lipinski definition) is 3. The molecular formula is C15H19BrN2S. The van der Waals surface area contributed by atoms with Crippen molar-refractivity contribution >= 4 is 27.3 Å². The summed E-state index contributed by atoms with van der Waals surface area (Å²) in [7, 11) is 0. The molecule has 0 atom stereocenters. The molecule has 0 aliphatic carbocycles. The van der Waals surface area contributed by atoms with E-state index in [1.54, 1.807) is 11.3 Å². The van der Waals surface area contributed by atoms with E-state index in [0.717, 1.165) is 36.2 Å². The number of nitrogens with zero attached hydrogens (tertiary/aromatic N) is 2. The Morgan fingerprint density at radius 1 is 1.16 bits per heavy atom. The molecule has 1 heterocycles. The summed E-state index contributed by atoms with van der Waals surface area (Å²) >= 11 is 5.22. The molecule has 2 rings (SSSR count). The number of likely N-dealkylation sites (N-methyl/N-ethyl adjacent to an activating group) is 1. The number of halogens is 1. The van der Waals surface area contributed by atoms with Gasteiger partial charge in [0.2, 0.25) is 0 Å². The highest BCUT2D eigenvalue weighted by molar-refractivity contribution is 9.10. The van der Waals surface area contributed by atoms with Crippen molar-refractivity contribution in [3.05, 3.63) is 39.1 Å². The molecule has 0 aliphatic rings. The molecule has 1 aromatic heterocycles. The van der Waals surface area contributed by atoms with Gasteiger partial charge in [0.05, 0.1) is 10.7 Å². The fourth-order valence-electron chi connectivity index (χ4n) is 1.97. The Morgan fingerprint density at radius 3 is 2.47 bits per heavy atom. The van der Waals surface area contributed by atoms with Gasteiger partial charge in [-0.1, -0.05) is 41.9 Å². The van der Waals surface area contributed by atoms with Crippen LogP contribution in [0, 0.1) is 0 Å². The number of benzene rings is 1. The van der Waals surface area contributed by atoms with Gasteiger partial charge in [0.25, 0.3) is 0 Å². The van der Waals surface area contributed by atoms with E-state index >= 15 is 0 Å². The van der Waals surface area contributed by atoms with Gasteiger partial charge in [0.1, 0.15) is 0 Å². The second-order valence-electron chi connectivity index (χ2n) is 4.41. The lowest BCUT2D eigenvalue weighted by Crippen LogP contribution is -2.25. The first-order valence-corrected chi connectivity index (χ1v) is 8.33. The van der Waals surface area contributed by atoms with E-state index < -0.39 is 0 Å². The highest BCUT2D eigenvalue weighted by atomic mass is 79.9. The largest absolute Gasteiger partial charge is 0.303 e. The van der Waals surface area contributed by atoms with E-state index in [2.05, 4.69) is 64.3 Å². The van der Waals surface area contributed by atoms with Gasteiger partial charge < -0.3 is 4.90 Å². The summed E-state index contributed by atoms with van der Waals surface area (Å²) in [4.78, 5) is 7.16. The van der Waals surface area contributed by atoms with E-state index in [-0.39, 0.29) is 0 Å². The molecule has 0 aliphatic heterocycles. The normalized spacial score (nSPS) is 11.2. The molecule has 0 spiro atoms. The van der Waals surface area contributed by atoms with Crippen LogP contribution in [0.1, 0.15) is 18.9 Å². The minimum Gasteiger partial charge on any atom is -0.303 e. The second kappa shape index (κ2) is 7.17. The first-order chi connectivity index (χ1) is 9.22. The quantitative estimate of drug-likeness (QED) is 0.773. The number of thiazole rings is 1. The molecule has 0 N–H and O–H groups in total. The molecule has 0 saturated heterocycles. The second-order valence-corrected chi connectivity index (χ2v) is 6.27. The molecule has 0 fully saturated rings. The molecule has 102 valence electrons. The van der Waals surface area contributed by atoms with Crippen molar-refractivity contribution in [3.8, 4) is 11.3 Å². The lowest BCUT2D eigenvalue weighted by Gasteiger charge is -2.16. The van der Waals surface area contributed by atoms with E-state index in [1.165, 1.54) is 10.6 Å². The summed E-state index contributed by atoms with van der Waals surface area (Å²) in [6.07, 6.45) is 1.04. The highest BCUT2D eigenvalue weighted by Gasteiger charge is 2.06. The predicted octanol–water partition coefficient (Wildman–Crippen LogP) is 4.46. The van der Waals surface area contributed by atoms with Crippen LogP contribution in [-0.4, -0.2) is 29.5 Å². The van der Waals surface area contributed by atoms with Gasteiger partial charge in [-0.2, -0.15) is 0 Å². The van der Waals surface area contributed by atoms with Crippen LogP contribution in [0.3, 0.4) is 0 Å². The SMILES string of the molecule is CCN(CC)CCc1nc(-c2ccc(Br)cc2)cs1. The van der Waals surface area contributed by atoms with Crippen molar-refractivity contribution in [1.82, 2.24) is 9.88 Å². The van der Waals surface area contributed by atoms with Crippen molar-refractivity contribution in [1.29, 1.82) is 0 Å². The summed E-state index contributed by atoms with van der Waals surface area (Å²) in [5, 5.41) is 3.38. The maximum absolute atomic E-state index is 4.73. The molecular weight excluding hydrogens is 320 g/mol. The third kappa shape index (κ3) is 4.13. The number of hydrogen-bond donors (Lipinski definition) is 0. The van der Waals surface area contributed by atoms with Crippen molar-refractivity contribution in [2.75, 3.05) is 19.6 Å². The zero-order valence-electron chi connectivity index (χ0n) is 11.4. The zero-order chi connectivity index (χ0) is 13.7. The zero-order valence-corrected chi connectivity index (χ0v) is 13.8. The summed E-state index contributed by atoms with van der Waals surface area (Å²) in [5.41, 5.74) is 2.28. The molecule has 2 aromatic rings. The number of rotatable bonds is 6. The van der Waals surface area contributed by atoms with E-state index in [1.807, 2.05) is 0 Å². The van der Waals surface area contributed by atoms with E-state index in [0.29, 0.717) is 0 Å². The van der Waals surface area contributed by atoms with Gasteiger partial charge >= 0.3 is 0 Å². The first-order valence-electron chi connectivity index (χ1n) is 6.65. The fraction of sp³-hybridized carbons (Fsp3) is 0.400. The lowest BCUT2D eigenvalue weighted by atomic mass is 10.2. The van der Waals surface area contributed by atoms with Crippen LogP contribution >= 0.6 is 27.3 Å². The summed E-state index contributed by atoms with van der Waals surface area (Å²) < 4.78 is 1.10. The van der Waals surface area contributed by atoms with Crippen molar-refractivity contribution in [3.63, 3.8) is 0 Å². The minimum absolute atomic E-state index is 1.04. The van der Waals surface area contributed by atoms with Crippen LogP contribution in [0.4, 0.5) is 0 Å². The summed E-state index contributed by atoms with van der Waals surface area (Å²) in [6.45, 7) is 7.74.